The number of unbranched alkanes of at least 4 members (excludes halogenated alkanes) is 3. The number of likely N-dealkylation sites (tertiary alicyclic amines) is 1. The molecule has 6 N–H and O–H groups in total. The second-order valence-electron chi connectivity index (χ2n) is 15.1. The third-order valence-electron chi connectivity index (χ3n) is 10.9. The van der Waals surface area contributed by atoms with Gasteiger partial charge >= 0.3 is 0 Å². The van der Waals surface area contributed by atoms with Gasteiger partial charge in [0.1, 0.15) is 0 Å². The van der Waals surface area contributed by atoms with Gasteiger partial charge in [-0.3, -0.25) is 9.69 Å². The molecule has 3 aliphatic heterocycles. The van der Waals surface area contributed by atoms with Gasteiger partial charge < -0.3 is 36.6 Å². The summed E-state index contributed by atoms with van der Waals surface area (Å²) in [7, 11) is 1.99. The Morgan fingerprint density at radius 1 is 0.957 bits per heavy atom. The summed E-state index contributed by atoms with van der Waals surface area (Å²) < 4.78 is 5.46. The average molecular weight is 666 g/mol. The molecule has 9 nitrogen and oxygen atoms in total. The van der Waals surface area contributed by atoms with Crippen molar-refractivity contribution in [1.29, 1.82) is 0 Å². The van der Waals surface area contributed by atoms with Gasteiger partial charge in [-0.1, -0.05) is 51.9 Å². The minimum absolute atomic E-state index is 0.311. The monoisotopic (exact) mass is 666 g/mol. The van der Waals surface area contributed by atoms with Crippen LogP contribution in [0.15, 0.2) is 0 Å². The summed E-state index contributed by atoms with van der Waals surface area (Å²) in [5.74, 6) is 1.97. The molecule has 3 atom stereocenters. The van der Waals surface area contributed by atoms with Crippen LogP contribution in [0.1, 0.15) is 123 Å². The Morgan fingerprint density at radius 3 is 2.45 bits per heavy atom. The zero-order valence-corrected chi connectivity index (χ0v) is 31.4. The van der Waals surface area contributed by atoms with Gasteiger partial charge in [-0.15, -0.1) is 0 Å². The highest BCUT2D eigenvalue weighted by Gasteiger charge is 2.28. The maximum atomic E-state index is 11.8. The van der Waals surface area contributed by atoms with E-state index in [1.54, 1.807) is 0 Å². The van der Waals surface area contributed by atoms with Gasteiger partial charge in [0.15, 0.2) is 0 Å². The van der Waals surface area contributed by atoms with Crippen molar-refractivity contribution in [2.45, 2.75) is 129 Å². The number of hydrogen-bond acceptors (Lipinski definition) is 8. The van der Waals surface area contributed by atoms with Crippen LogP contribution in [0, 0.1) is 11.8 Å². The van der Waals surface area contributed by atoms with Crippen molar-refractivity contribution in [1.82, 2.24) is 25.3 Å². The fraction of sp³-hybridized carbons (Fsp3) is 0.974. The lowest BCUT2D eigenvalue weighted by molar-refractivity contribution is -0.127. The summed E-state index contributed by atoms with van der Waals surface area (Å²) in [6.45, 7) is 19.1. The van der Waals surface area contributed by atoms with Crippen LogP contribution in [0.25, 0.3) is 0 Å². The number of rotatable bonds is 24. The highest BCUT2D eigenvalue weighted by Crippen LogP contribution is 2.30. The van der Waals surface area contributed by atoms with E-state index in [4.69, 9.17) is 16.2 Å². The number of carbonyl (C=O) groups excluding carboxylic acids is 1. The van der Waals surface area contributed by atoms with Gasteiger partial charge in [0.05, 0.1) is 13.2 Å². The summed E-state index contributed by atoms with van der Waals surface area (Å²) >= 11 is 0. The number of ether oxygens (including phenoxy) is 1. The van der Waals surface area contributed by atoms with E-state index in [0.717, 1.165) is 110 Å². The van der Waals surface area contributed by atoms with E-state index in [1.807, 2.05) is 7.05 Å². The molecule has 0 aromatic heterocycles. The molecule has 9 heteroatoms. The molecule has 3 rings (SSSR count). The lowest BCUT2D eigenvalue weighted by Gasteiger charge is -2.31. The van der Waals surface area contributed by atoms with E-state index in [9.17, 15) is 4.79 Å². The number of hydrogen-bond donors (Lipinski definition) is 4. The largest absolute Gasteiger partial charge is 0.379 e. The Labute approximate surface area is 291 Å². The quantitative estimate of drug-likeness (QED) is 0.109. The third-order valence-corrected chi connectivity index (χ3v) is 10.9. The minimum atomic E-state index is 0.311. The van der Waals surface area contributed by atoms with Crippen LogP contribution in [-0.2, 0) is 9.53 Å². The first-order valence-corrected chi connectivity index (χ1v) is 20.0. The Morgan fingerprint density at radius 2 is 1.74 bits per heavy atom. The lowest BCUT2D eigenvalue weighted by atomic mass is 9.86. The van der Waals surface area contributed by atoms with Crippen molar-refractivity contribution in [3.05, 3.63) is 0 Å². The number of nitrogens with zero attached hydrogens (tertiary/aromatic N) is 3. The molecule has 3 heterocycles. The Kier molecular flexibility index (Phi) is 24.3. The molecule has 0 radical (unpaired) electrons. The predicted molar refractivity (Wildman–Crippen MR) is 200 cm³/mol. The van der Waals surface area contributed by atoms with Crippen molar-refractivity contribution in [2.75, 3.05) is 98.8 Å². The Bertz CT molecular complexity index is 746. The van der Waals surface area contributed by atoms with Crippen molar-refractivity contribution in [3.8, 4) is 0 Å². The number of amides is 1. The Balaban J connectivity index is 0.000000544. The van der Waals surface area contributed by atoms with Crippen molar-refractivity contribution >= 4 is 5.91 Å². The van der Waals surface area contributed by atoms with Crippen LogP contribution in [0.5, 0.6) is 0 Å². The van der Waals surface area contributed by atoms with Gasteiger partial charge in [-0.05, 0) is 110 Å². The number of nitrogens with two attached hydrogens (primary N) is 2. The van der Waals surface area contributed by atoms with Gasteiger partial charge in [-0.25, -0.2) is 0 Å². The molecule has 3 aliphatic rings. The molecule has 3 saturated heterocycles. The zero-order valence-electron chi connectivity index (χ0n) is 31.4. The minimum Gasteiger partial charge on any atom is -0.379 e. The fourth-order valence-corrected chi connectivity index (χ4v) is 7.71. The molecule has 0 bridgehead atoms. The van der Waals surface area contributed by atoms with E-state index in [-0.39, 0.29) is 0 Å². The van der Waals surface area contributed by atoms with Crippen LogP contribution in [-0.4, -0.2) is 125 Å². The van der Waals surface area contributed by atoms with Crippen molar-refractivity contribution < 1.29 is 9.53 Å². The van der Waals surface area contributed by atoms with Crippen LogP contribution in [0.2, 0.25) is 0 Å². The molecule has 47 heavy (non-hydrogen) atoms. The van der Waals surface area contributed by atoms with Crippen molar-refractivity contribution in [3.63, 3.8) is 0 Å². The lowest BCUT2D eigenvalue weighted by Crippen LogP contribution is -2.42. The average Bonchev–Trinajstić information content (AvgIpc) is 3.39. The topological polar surface area (TPSA) is 112 Å². The van der Waals surface area contributed by atoms with Crippen LogP contribution < -0.4 is 22.1 Å². The molecular formula is C38H79N7O2. The number of morpholine rings is 1. The smallest absolute Gasteiger partial charge is 0.222 e. The molecule has 0 spiro atoms. The molecule has 278 valence electrons. The maximum Gasteiger partial charge on any atom is 0.222 e. The van der Waals surface area contributed by atoms with E-state index in [2.05, 4.69) is 39.2 Å². The normalized spacial score (nSPS) is 23.1. The summed E-state index contributed by atoms with van der Waals surface area (Å²) in [6, 6.07) is 0. The van der Waals surface area contributed by atoms with E-state index in [0.29, 0.717) is 11.4 Å². The number of carbonyl (C=O) groups is 1. The first-order valence-electron chi connectivity index (χ1n) is 20.0. The zero-order chi connectivity index (χ0) is 34.0. The van der Waals surface area contributed by atoms with Gasteiger partial charge in [0.25, 0.3) is 0 Å². The van der Waals surface area contributed by atoms with E-state index < -0.39 is 0 Å². The van der Waals surface area contributed by atoms with E-state index in [1.165, 1.54) is 103 Å². The highest BCUT2D eigenvalue weighted by atomic mass is 16.5. The molecule has 3 unspecified atom stereocenters. The first-order chi connectivity index (χ1) is 22.9. The molecule has 3 fully saturated rings. The Hall–Kier alpha value is -0.810. The third kappa shape index (κ3) is 19.8. The SMILES string of the molecule is CC1(CCCC(CCN)CCCCN2CCCC2=O)CCCC(CCCCN2CCOCC2)CN1.CCCCN(CCN)CCNC. The summed E-state index contributed by atoms with van der Waals surface area (Å²) in [6.07, 6.45) is 21.3. The fourth-order valence-electron chi connectivity index (χ4n) is 7.71. The second kappa shape index (κ2) is 27.0. The summed E-state index contributed by atoms with van der Waals surface area (Å²) in [4.78, 5) is 18.8. The highest BCUT2D eigenvalue weighted by molar-refractivity contribution is 5.77. The standard InChI is InChI=1S/C29H56N4O2.C9H23N3/c1-29(15-6-11-26(14-17-30)9-3-5-19-33-20-8-13-28(33)34)16-7-12-27(25-31-29)10-2-4-18-32-21-23-35-24-22-32;1-3-4-7-12(8-5-10)9-6-11-2/h26-27,31H,2-25,30H2,1H3;11H,3-10H2,1-2H3. The van der Waals surface area contributed by atoms with Crippen molar-refractivity contribution in [2.24, 2.45) is 23.3 Å². The van der Waals surface area contributed by atoms with Crippen LogP contribution in [0.4, 0.5) is 0 Å². The molecule has 0 aromatic rings. The first kappa shape index (κ1) is 42.4. The predicted octanol–water partition coefficient (Wildman–Crippen LogP) is 4.83. The summed E-state index contributed by atoms with van der Waals surface area (Å²) in [5.41, 5.74) is 11.8. The molecule has 1 amide bonds. The van der Waals surface area contributed by atoms with Gasteiger partial charge in [-0.2, -0.15) is 0 Å². The maximum absolute atomic E-state index is 11.8. The van der Waals surface area contributed by atoms with Gasteiger partial charge in [0.2, 0.25) is 5.91 Å². The molecule has 0 saturated carbocycles. The molecular weight excluding hydrogens is 586 g/mol. The van der Waals surface area contributed by atoms with Crippen LogP contribution >= 0.6 is 0 Å². The molecule has 0 aromatic carbocycles. The number of likely N-dealkylation sites (N-methyl/N-ethyl adjacent to an activating group) is 1. The van der Waals surface area contributed by atoms with E-state index >= 15 is 0 Å². The van der Waals surface area contributed by atoms with Crippen LogP contribution in [0.3, 0.4) is 0 Å². The number of nitrogens with one attached hydrogen (secondary N) is 2. The summed E-state index contributed by atoms with van der Waals surface area (Å²) in [5, 5.41) is 7.15. The molecule has 0 aliphatic carbocycles. The van der Waals surface area contributed by atoms with Gasteiger partial charge in [0, 0.05) is 64.3 Å². The second-order valence-corrected chi connectivity index (χ2v) is 15.1.